The van der Waals surface area contributed by atoms with Crippen molar-refractivity contribution in [1.29, 1.82) is 0 Å². The Kier molecular flexibility index (Phi) is 4.59. The van der Waals surface area contributed by atoms with E-state index in [1.807, 2.05) is 13.8 Å². The van der Waals surface area contributed by atoms with Crippen LogP contribution in [-0.2, 0) is 4.79 Å². The minimum atomic E-state index is 0.0917. The van der Waals surface area contributed by atoms with Crippen molar-refractivity contribution in [2.24, 2.45) is 0 Å². The van der Waals surface area contributed by atoms with E-state index in [0.717, 1.165) is 12.8 Å². The van der Waals surface area contributed by atoms with E-state index in [0.29, 0.717) is 18.5 Å². The lowest BCUT2D eigenvalue weighted by atomic mass is 9.75. The topological polar surface area (TPSA) is 41.1 Å². The Morgan fingerprint density at radius 1 is 1.37 bits per heavy atom. The van der Waals surface area contributed by atoms with Crippen molar-refractivity contribution in [2.45, 2.75) is 51.6 Å². The number of amides is 1. The van der Waals surface area contributed by atoms with E-state index in [1.165, 1.54) is 11.1 Å². The van der Waals surface area contributed by atoms with Gasteiger partial charge in [-0.2, -0.15) is 0 Å². The van der Waals surface area contributed by atoms with Gasteiger partial charge in [0.05, 0.1) is 6.54 Å². The molecule has 104 valence electrons. The summed E-state index contributed by atoms with van der Waals surface area (Å²) in [5.74, 6) is 0.750. The normalized spacial score (nSPS) is 22.1. The van der Waals surface area contributed by atoms with Crippen molar-refractivity contribution in [3.05, 3.63) is 35.4 Å². The third-order valence-electron chi connectivity index (χ3n) is 3.65. The third-order valence-corrected chi connectivity index (χ3v) is 3.65. The first-order valence-corrected chi connectivity index (χ1v) is 7.14. The fourth-order valence-electron chi connectivity index (χ4n) is 2.59. The van der Waals surface area contributed by atoms with E-state index in [2.05, 4.69) is 41.8 Å². The summed E-state index contributed by atoms with van der Waals surface area (Å²) in [6.45, 7) is 6.53. The minimum Gasteiger partial charge on any atom is -0.353 e. The summed E-state index contributed by atoms with van der Waals surface area (Å²) in [7, 11) is 0. The third kappa shape index (κ3) is 4.06. The molecular weight excluding hydrogens is 236 g/mol. The fourth-order valence-corrected chi connectivity index (χ4v) is 2.59. The first kappa shape index (κ1) is 14.1. The Hall–Kier alpha value is -1.35. The number of hydrogen-bond acceptors (Lipinski definition) is 2. The summed E-state index contributed by atoms with van der Waals surface area (Å²) in [5, 5.41) is 6.22. The molecule has 0 unspecified atom stereocenters. The highest BCUT2D eigenvalue weighted by molar-refractivity contribution is 5.78. The maximum absolute atomic E-state index is 11.5. The smallest absolute Gasteiger partial charge is 0.234 e. The van der Waals surface area contributed by atoms with Gasteiger partial charge in [-0.25, -0.2) is 0 Å². The lowest BCUT2D eigenvalue weighted by Crippen LogP contribution is -2.46. The summed E-state index contributed by atoms with van der Waals surface area (Å²) in [5.41, 5.74) is 2.76. The Bertz CT molecular complexity index is 436. The van der Waals surface area contributed by atoms with Gasteiger partial charge >= 0.3 is 0 Å². The standard InChI is InChI=1S/C16H24N2O/c1-11(2)18-16(19)10-17-15-8-14(9-15)13-6-4-5-12(3)7-13/h4-7,11,14-15,17H,8-10H2,1-3H3,(H,18,19). The molecule has 2 N–H and O–H groups in total. The molecule has 1 fully saturated rings. The molecule has 0 bridgehead atoms. The summed E-state index contributed by atoms with van der Waals surface area (Å²) < 4.78 is 0. The molecule has 0 aliphatic heterocycles. The highest BCUT2D eigenvalue weighted by Crippen LogP contribution is 2.36. The molecule has 1 aliphatic rings. The molecule has 2 rings (SSSR count). The molecule has 0 radical (unpaired) electrons. The van der Waals surface area contributed by atoms with Gasteiger partial charge in [0.1, 0.15) is 0 Å². The summed E-state index contributed by atoms with van der Waals surface area (Å²) in [4.78, 5) is 11.5. The van der Waals surface area contributed by atoms with Crippen molar-refractivity contribution in [2.75, 3.05) is 6.54 Å². The van der Waals surface area contributed by atoms with E-state index >= 15 is 0 Å². The number of rotatable bonds is 5. The quantitative estimate of drug-likeness (QED) is 0.853. The molecule has 3 heteroatoms. The zero-order valence-electron chi connectivity index (χ0n) is 12.1. The predicted molar refractivity (Wildman–Crippen MR) is 78.2 cm³/mol. The van der Waals surface area contributed by atoms with Crippen LogP contribution in [0.2, 0.25) is 0 Å². The summed E-state index contributed by atoms with van der Waals surface area (Å²) in [6.07, 6.45) is 2.27. The monoisotopic (exact) mass is 260 g/mol. The Balaban J connectivity index is 1.70. The zero-order valence-corrected chi connectivity index (χ0v) is 12.1. The van der Waals surface area contributed by atoms with Crippen LogP contribution in [-0.4, -0.2) is 24.5 Å². The van der Waals surface area contributed by atoms with Gasteiger partial charge in [0.15, 0.2) is 0 Å². The predicted octanol–water partition coefficient (Wildman–Crippen LogP) is 2.36. The van der Waals surface area contributed by atoms with E-state index < -0.39 is 0 Å². The summed E-state index contributed by atoms with van der Waals surface area (Å²) in [6, 6.07) is 9.45. The molecule has 0 aromatic heterocycles. The second kappa shape index (κ2) is 6.20. The maximum atomic E-state index is 11.5. The molecule has 1 amide bonds. The number of carbonyl (C=O) groups is 1. The lowest BCUT2D eigenvalue weighted by Gasteiger charge is -2.36. The number of aryl methyl sites for hydroxylation is 1. The molecule has 0 saturated heterocycles. The molecule has 1 aliphatic carbocycles. The van der Waals surface area contributed by atoms with E-state index in [9.17, 15) is 4.79 Å². The molecule has 0 spiro atoms. The van der Waals surface area contributed by atoms with Crippen LogP contribution < -0.4 is 10.6 Å². The van der Waals surface area contributed by atoms with Crippen molar-refractivity contribution in [3.8, 4) is 0 Å². The minimum absolute atomic E-state index is 0.0917. The van der Waals surface area contributed by atoms with Crippen LogP contribution in [0.1, 0.15) is 43.7 Å². The number of carbonyl (C=O) groups excluding carboxylic acids is 1. The van der Waals surface area contributed by atoms with E-state index in [1.54, 1.807) is 0 Å². The van der Waals surface area contributed by atoms with Gasteiger partial charge in [-0.05, 0) is 45.1 Å². The molecule has 1 saturated carbocycles. The second-order valence-corrected chi connectivity index (χ2v) is 5.88. The van der Waals surface area contributed by atoms with Crippen LogP contribution in [0, 0.1) is 6.92 Å². The highest BCUT2D eigenvalue weighted by Gasteiger charge is 2.30. The van der Waals surface area contributed by atoms with Gasteiger partial charge in [0.2, 0.25) is 5.91 Å². The van der Waals surface area contributed by atoms with Crippen molar-refractivity contribution < 1.29 is 4.79 Å². The number of hydrogen-bond donors (Lipinski definition) is 2. The van der Waals surface area contributed by atoms with Crippen molar-refractivity contribution >= 4 is 5.91 Å². The maximum Gasteiger partial charge on any atom is 0.234 e. The molecule has 1 aromatic carbocycles. The molecule has 3 nitrogen and oxygen atoms in total. The van der Waals surface area contributed by atoms with Gasteiger partial charge in [0.25, 0.3) is 0 Å². The highest BCUT2D eigenvalue weighted by atomic mass is 16.1. The second-order valence-electron chi connectivity index (χ2n) is 5.88. The average Bonchev–Trinajstić information content (AvgIpc) is 2.25. The molecule has 19 heavy (non-hydrogen) atoms. The van der Waals surface area contributed by atoms with Crippen LogP contribution in [0.3, 0.4) is 0 Å². The van der Waals surface area contributed by atoms with Gasteiger partial charge < -0.3 is 10.6 Å². The van der Waals surface area contributed by atoms with Gasteiger partial charge in [-0.1, -0.05) is 29.8 Å². The van der Waals surface area contributed by atoms with Crippen molar-refractivity contribution in [1.82, 2.24) is 10.6 Å². The van der Waals surface area contributed by atoms with Crippen LogP contribution >= 0.6 is 0 Å². The average molecular weight is 260 g/mol. The first-order chi connectivity index (χ1) is 9.04. The van der Waals surface area contributed by atoms with E-state index in [4.69, 9.17) is 0 Å². The van der Waals surface area contributed by atoms with Gasteiger partial charge in [0, 0.05) is 12.1 Å². The largest absolute Gasteiger partial charge is 0.353 e. The van der Waals surface area contributed by atoms with Crippen molar-refractivity contribution in [3.63, 3.8) is 0 Å². The Labute approximate surface area is 115 Å². The molecule has 0 heterocycles. The van der Waals surface area contributed by atoms with Gasteiger partial charge in [-0.3, -0.25) is 4.79 Å². The lowest BCUT2D eigenvalue weighted by molar-refractivity contribution is -0.121. The Morgan fingerprint density at radius 3 is 2.74 bits per heavy atom. The number of nitrogens with one attached hydrogen (secondary N) is 2. The summed E-state index contributed by atoms with van der Waals surface area (Å²) >= 11 is 0. The zero-order chi connectivity index (χ0) is 13.8. The number of benzene rings is 1. The van der Waals surface area contributed by atoms with E-state index in [-0.39, 0.29) is 11.9 Å². The SMILES string of the molecule is Cc1cccc(C2CC(NCC(=O)NC(C)C)C2)c1. The molecular formula is C16H24N2O. The van der Waals surface area contributed by atoms with Crippen LogP contribution in [0.4, 0.5) is 0 Å². The van der Waals surface area contributed by atoms with Crippen LogP contribution in [0.15, 0.2) is 24.3 Å². The molecule has 0 atom stereocenters. The van der Waals surface area contributed by atoms with Crippen LogP contribution in [0.5, 0.6) is 0 Å². The Morgan fingerprint density at radius 2 is 2.11 bits per heavy atom. The fraction of sp³-hybridized carbons (Fsp3) is 0.562. The van der Waals surface area contributed by atoms with Gasteiger partial charge in [-0.15, -0.1) is 0 Å². The first-order valence-electron chi connectivity index (χ1n) is 7.14. The van der Waals surface area contributed by atoms with Crippen LogP contribution in [0.25, 0.3) is 0 Å². The molecule has 1 aromatic rings.